The molecule has 0 radical (unpaired) electrons. The third kappa shape index (κ3) is 6.75. The van der Waals surface area contributed by atoms with E-state index in [0.29, 0.717) is 6.04 Å². The van der Waals surface area contributed by atoms with Crippen molar-refractivity contribution in [1.82, 2.24) is 5.32 Å². The summed E-state index contributed by atoms with van der Waals surface area (Å²) < 4.78 is 23.5. The predicted octanol–water partition coefficient (Wildman–Crippen LogP) is 3.39. The molecule has 1 atom stereocenters. The van der Waals surface area contributed by atoms with Crippen molar-refractivity contribution in [2.24, 2.45) is 5.41 Å². The Morgan fingerprint density at radius 3 is 1.95 bits per heavy atom. The molecule has 1 unspecified atom stereocenters. The van der Waals surface area contributed by atoms with Gasteiger partial charge in [-0.15, -0.1) is 0 Å². The number of hydrogen-bond acceptors (Lipinski definition) is 3. The molecule has 0 saturated carbocycles. The van der Waals surface area contributed by atoms with Crippen molar-refractivity contribution in [3.8, 4) is 0 Å². The van der Waals surface area contributed by atoms with Gasteiger partial charge in [0.15, 0.2) is 9.84 Å². The van der Waals surface area contributed by atoms with E-state index in [0.717, 1.165) is 25.8 Å². The fourth-order valence-corrected chi connectivity index (χ4v) is 3.10. The molecular formula is C15H33NO2S. The molecular weight excluding hydrogens is 258 g/mol. The van der Waals surface area contributed by atoms with E-state index in [9.17, 15) is 8.42 Å². The molecule has 0 aliphatic rings. The zero-order valence-electron chi connectivity index (χ0n) is 13.8. The molecule has 0 aromatic rings. The van der Waals surface area contributed by atoms with Crippen molar-refractivity contribution in [3.05, 3.63) is 0 Å². The van der Waals surface area contributed by atoms with E-state index in [2.05, 4.69) is 33.0 Å². The van der Waals surface area contributed by atoms with Crippen molar-refractivity contribution in [2.75, 3.05) is 12.3 Å². The number of sulfone groups is 1. The molecule has 3 nitrogen and oxygen atoms in total. The highest BCUT2D eigenvalue weighted by Crippen LogP contribution is 2.24. The summed E-state index contributed by atoms with van der Waals surface area (Å²) in [5, 5.41) is 3.54. The minimum Gasteiger partial charge on any atom is -0.313 e. The van der Waals surface area contributed by atoms with Gasteiger partial charge in [-0.05, 0) is 52.0 Å². The zero-order valence-corrected chi connectivity index (χ0v) is 14.7. The fraction of sp³-hybridized carbons (Fsp3) is 1.00. The summed E-state index contributed by atoms with van der Waals surface area (Å²) in [6.07, 6.45) is 2.75. The molecule has 0 heterocycles. The maximum atomic E-state index is 12.1. The number of rotatable bonds is 7. The largest absolute Gasteiger partial charge is 0.313 e. The SMILES string of the molecule is CCCNC(CCCS(=O)(=O)C(C)(C)C)C(C)(C)C. The highest BCUT2D eigenvalue weighted by molar-refractivity contribution is 7.92. The lowest BCUT2D eigenvalue weighted by molar-refractivity contribution is 0.254. The van der Waals surface area contributed by atoms with Crippen LogP contribution in [-0.2, 0) is 9.84 Å². The summed E-state index contributed by atoms with van der Waals surface area (Å²) in [7, 11) is -2.99. The third-order valence-electron chi connectivity index (χ3n) is 3.53. The van der Waals surface area contributed by atoms with Crippen LogP contribution < -0.4 is 5.32 Å². The smallest absolute Gasteiger partial charge is 0.155 e. The first-order chi connectivity index (χ1) is 8.42. The summed E-state index contributed by atoms with van der Waals surface area (Å²) in [6.45, 7) is 15.1. The van der Waals surface area contributed by atoms with E-state index in [-0.39, 0.29) is 11.2 Å². The van der Waals surface area contributed by atoms with Gasteiger partial charge in [-0.2, -0.15) is 0 Å². The van der Waals surface area contributed by atoms with Gasteiger partial charge in [-0.1, -0.05) is 27.7 Å². The molecule has 0 saturated heterocycles. The number of hydrogen-bond donors (Lipinski definition) is 1. The molecule has 116 valence electrons. The standard InChI is InChI=1S/C15H33NO2S/c1-8-11-16-13(14(2,3)4)10-9-12-19(17,18)15(5,6)7/h13,16H,8-12H2,1-7H3. The maximum absolute atomic E-state index is 12.1. The van der Waals surface area contributed by atoms with Crippen molar-refractivity contribution >= 4 is 9.84 Å². The van der Waals surface area contributed by atoms with Gasteiger partial charge in [-0.3, -0.25) is 0 Å². The van der Waals surface area contributed by atoms with E-state index < -0.39 is 14.6 Å². The summed E-state index contributed by atoms with van der Waals surface area (Å²) in [5.74, 6) is 0.289. The summed E-state index contributed by atoms with van der Waals surface area (Å²) in [5.41, 5.74) is 0.167. The Balaban J connectivity index is 4.43. The Labute approximate surface area is 120 Å². The lowest BCUT2D eigenvalue weighted by Crippen LogP contribution is -2.41. The minimum absolute atomic E-state index is 0.167. The van der Waals surface area contributed by atoms with Gasteiger partial charge in [0.1, 0.15) is 0 Å². The van der Waals surface area contributed by atoms with Crippen LogP contribution in [0.25, 0.3) is 0 Å². The summed E-state index contributed by atoms with van der Waals surface area (Å²) in [4.78, 5) is 0. The summed E-state index contributed by atoms with van der Waals surface area (Å²) in [6, 6.07) is 0.377. The van der Waals surface area contributed by atoms with Crippen LogP contribution in [0.15, 0.2) is 0 Å². The van der Waals surface area contributed by atoms with Crippen molar-refractivity contribution in [2.45, 2.75) is 78.5 Å². The average molecular weight is 292 g/mol. The van der Waals surface area contributed by atoms with E-state index >= 15 is 0 Å². The second-order valence-electron chi connectivity index (χ2n) is 7.45. The van der Waals surface area contributed by atoms with Crippen LogP contribution in [0.5, 0.6) is 0 Å². The zero-order chi connectivity index (χ0) is 15.3. The minimum atomic E-state index is -2.99. The Kier molecular flexibility index (Phi) is 7.04. The molecule has 0 aromatic carbocycles. The second-order valence-corrected chi connectivity index (χ2v) is 10.3. The van der Waals surface area contributed by atoms with Crippen molar-refractivity contribution in [3.63, 3.8) is 0 Å². The lowest BCUT2D eigenvalue weighted by atomic mass is 9.84. The van der Waals surface area contributed by atoms with Crippen LogP contribution >= 0.6 is 0 Å². The molecule has 0 aromatic heterocycles. The molecule has 0 aliphatic carbocycles. The Hall–Kier alpha value is -0.0900. The molecule has 19 heavy (non-hydrogen) atoms. The molecule has 0 rings (SSSR count). The molecule has 0 bridgehead atoms. The first-order valence-corrected chi connectivity index (χ1v) is 9.02. The molecule has 0 aliphatic heterocycles. The van der Waals surface area contributed by atoms with E-state index in [1.54, 1.807) is 20.8 Å². The summed E-state index contributed by atoms with van der Waals surface area (Å²) >= 11 is 0. The molecule has 0 fully saturated rings. The second kappa shape index (κ2) is 7.07. The van der Waals surface area contributed by atoms with Gasteiger partial charge in [0.2, 0.25) is 0 Å². The number of nitrogens with one attached hydrogen (secondary N) is 1. The Morgan fingerprint density at radius 2 is 1.58 bits per heavy atom. The third-order valence-corrected chi connectivity index (χ3v) is 6.22. The van der Waals surface area contributed by atoms with Gasteiger partial charge in [0.25, 0.3) is 0 Å². The molecule has 0 spiro atoms. The first kappa shape index (κ1) is 18.9. The van der Waals surface area contributed by atoms with Gasteiger partial charge >= 0.3 is 0 Å². The van der Waals surface area contributed by atoms with Crippen LogP contribution in [0.2, 0.25) is 0 Å². The highest BCUT2D eigenvalue weighted by Gasteiger charge is 2.29. The maximum Gasteiger partial charge on any atom is 0.155 e. The predicted molar refractivity (Wildman–Crippen MR) is 84.3 cm³/mol. The van der Waals surface area contributed by atoms with Crippen molar-refractivity contribution < 1.29 is 8.42 Å². The lowest BCUT2D eigenvalue weighted by Gasteiger charge is -2.32. The van der Waals surface area contributed by atoms with Crippen LogP contribution in [0.4, 0.5) is 0 Å². The van der Waals surface area contributed by atoms with E-state index in [4.69, 9.17) is 0 Å². The van der Waals surface area contributed by atoms with E-state index in [1.807, 2.05) is 0 Å². The normalized spacial score (nSPS) is 15.5. The van der Waals surface area contributed by atoms with Crippen LogP contribution in [0, 0.1) is 5.41 Å². The first-order valence-electron chi connectivity index (χ1n) is 7.37. The Morgan fingerprint density at radius 1 is 1.05 bits per heavy atom. The van der Waals surface area contributed by atoms with Gasteiger partial charge in [-0.25, -0.2) is 8.42 Å². The van der Waals surface area contributed by atoms with Crippen molar-refractivity contribution in [1.29, 1.82) is 0 Å². The Bertz CT molecular complexity index is 347. The molecule has 1 N–H and O–H groups in total. The van der Waals surface area contributed by atoms with E-state index in [1.165, 1.54) is 0 Å². The van der Waals surface area contributed by atoms with Crippen LogP contribution in [0.3, 0.4) is 0 Å². The van der Waals surface area contributed by atoms with Gasteiger partial charge < -0.3 is 5.32 Å². The highest BCUT2D eigenvalue weighted by atomic mass is 32.2. The molecule has 0 amide bonds. The average Bonchev–Trinajstić information content (AvgIpc) is 2.19. The van der Waals surface area contributed by atoms with Crippen LogP contribution in [0.1, 0.15) is 67.7 Å². The monoisotopic (exact) mass is 291 g/mol. The quantitative estimate of drug-likeness (QED) is 0.782. The van der Waals surface area contributed by atoms with Gasteiger partial charge in [0.05, 0.1) is 10.5 Å². The van der Waals surface area contributed by atoms with Gasteiger partial charge in [0, 0.05) is 6.04 Å². The topological polar surface area (TPSA) is 46.2 Å². The fourth-order valence-electron chi connectivity index (χ4n) is 1.94. The van der Waals surface area contributed by atoms with Crippen LogP contribution in [-0.4, -0.2) is 31.5 Å². The molecule has 4 heteroatoms.